The molecule has 0 saturated carbocycles. The molecular formula is C17H15NO4S. The Morgan fingerprint density at radius 3 is 2.83 bits per heavy atom. The fourth-order valence-corrected chi connectivity index (χ4v) is 2.81. The molecule has 0 saturated heterocycles. The number of aliphatic hydroxyl groups excluding tert-OH is 1. The number of aliphatic hydroxyl groups is 1. The van der Waals surface area contributed by atoms with E-state index < -0.39 is 0 Å². The fraction of sp³-hybridized carbons (Fsp3) is 0.118. The third-order valence-electron chi connectivity index (χ3n) is 3.29. The molecule has 1 aromatic carbocycles. The van der Waals surface area contributed by atoms with Gasteiger partial charge < -0.3 is 19.6 Å². The van der Waals surface area contributed by atoms with Gasteiger partial charge in [0.25, 0.3) is 5.91 Å². The lowest BCUT2D eigenvalue weighted by molar-refractivity contribution is 0.103. The van der Waals surface area contributed by atoms with Crippen molar-refractivity contribution >= 4 is 22.9 Å². The number of carbonyl (C=O) groups excluding carboxylic acids is 1. The molecule has 0 unspecified atom stereocenters. The number of amides is 1. The van der Waals surface area contributed by atoms with Crippen molar-refractivity contribution in [2.75, 3.05) is 12.4 Å². The lowest BCUT2D eigenvalue weighted by Crippen LogP contribution is -2.10. The number of furan rings is 1. The van der Waals surface area contributed by atoms with Crippen molar-refractivity contribution in [1.82, 2.24) is 0 Å². The van der Waals surface area contributed by atoms with Crippen LogP contribution in [0, 0.1) is 0 Å². The first-order valence-corrected chi connectivity index (χ1v) is 7.82. The molecule has 6 heteroatoms. The van der Waals surface area contributed by atoms with Gasteiger partial charge in [0.2, 0.25) is 0 Å². The maximum atomic E-state index is 12.1. The molecule has 23 heavy (non-hydrogen) atoms. The summed E-state index contributed by atoms with van der Waals surface area (Å²) in [5.41, 5.74) is 1.34. The molecular weight excluding hydrogens is 314 g/mol. The van der Waals surface area contributed by atoms with Crippen LogP contribution in [0.3, 0.4) is 0 Å². The molecule has 0 spiro atoms. The second-order valence-corrected chi connectivity index (χ2v) is 5.72. The highest BCUT2D eigenvalue weighted by molar-refractivity contribution is 7.12. The van der Waals surface area contributed by atoms with Gasteiger partial charge in [-0.25, -0.2) is 0 Å². The molecule has 2 aromatic heterocycles. The van der Waals surface area contributed by atoms with Gasteiger partial charge in [0.15, 0.2) is 0 Å². The molecule has 1 amide bonds. The van der Waals surface area contributed by atoms with Gasteiger partial charge in [0.05, 0.1) is 17.6 Å². The van der Waals surface area contributed by atoms with Crippen LogP contribution in [0.1, 0.15) is 15.4 Å². The minimum Gasteiger partial charge on any atom is -0.496 e. The van der Waals surface area contributed by atoms with E-state index in [1.165, 1.54) is 11.3 Å². The Labute approximate surface area is 137 Å². The number of benzene rings is 1. The summed E-state index contributed by atoms with van der Waals surface area (Å²) in [5, 5.41) is 13.8. The molecule has 0 fully saturated rings. The fourth-order valence-electron chi connectivity index (χ4n) is 2.19. The van der Waals surface area contributed by atoms with E-state index in [0.29, 0.717) is 33.4 Å². The van der Waals surface area contributed by atoms with E-state index in [1.54, 1.807) is 43.5 Å². The standard InChI is InChI=1S/C17H15NO4S/c1-21-14-6-4-11(18-17(20)16-3-2-8-23-16)9-13(14)15-7-5-12(10-19)22-15/h2-9,19H,10H2,1H3,(H,18,20). The van der Waals surface area contributed by atoms with E-state index >= 15 is 0 Å². The molecule has 2 heterocycles. The largest absolute Gasteiger partial charge is 0.496 e. The SMILES string of the molecule is COc1ccc(NC(=O)c2cccs2)cc1-c1ccc(CO)o1. The molecule has 5 nitrogen and oxygen atoms in total. The van der Waals surface area contributed by atoms with Gasteiger partial charge >= 0.3 is 0 Å². The average Bonchev–Trinajstić information content (AvgIpc) is 3.26. The first kappa shape index (κ1) is 15.3. The van der Waals surface area contributed by atoms with Crippen LogP contribution in [-0.4, -0.2) is 18.1 Å². The van der Waals surface area contributed by atoms with Gasteiger partial charge in [-0.3, -0.25) is 4.79 Å². The summed E-state index contributed by atoms with van der Waals surface area (Å²) in [4.78, 5) is 12.8. The third-order valence-corrected chi connectivity index (χ3v) is 4.15. The average molecular weight is 329 g/mol. The number of hydrogen-bond acceptors (Lipinski definition) is 5. The Hall–Kier alpha value is -2.57. The molecule has 0 aliphatic heterocycles. The van der Waals surface area contributed by atoms with Crippen LogP contribution in [0.4, 0.5) is 5.69 Å². The number of methoxy groups -OCH3 is 1. The summed E-state index contributed by atoms with van der Waals surface area (Å²) >= 11 is 1.38. The number of nitrogens with one attached hydrogen (secondary N) is 1. The summed E-state index contributed by atoms with van der Waals surface area (Å²) in [6.07, 6.45) is 0. The lowest BCUT2D eigenvalue weighted by atomic mass is 10.1. The number of thiophene rings is 1. The summed E-state index contributed by atoms with van der Waals surface area (Å²) in [6.45, 7) is -0.170. The van der Waals surface area contributed by atoms with Crippen molar-refractivity contribution in [2.24, 2.45) is 0 Å². The second kappa shape index (κ2) is 6.68. The molecule has 0 atom stereocenters. The van der Waals surface area contributed by atoms with Crippen molar-refractivity contribution in [3.05, 3.63) is 58.5 Å². The highest BCUT2D eigenvalue weighted by Gasteiger charge is 2.13. The van der Waals surface area contributed by atoms with E-state index in [2.05, 4.69) is 5.32 Å². The predicted octanol–water partition coefficient (Wildman–Crippen LogP) is 3.76. The lowest BCUT2D eigenvalue weighted by Gasteiger charge is -2.10. The van der Waals surface area contributed by atoms with Crippen molar-refractivity contribution in [3.8, 4) is 17.1 Å². The Morgan fingerprint density at radius 2 is 2.17 bits per heavy atom. The van der Waals surface area contributed by atoms with Gasteiger partial charge in [-0.1, -0.05) is 6.07 Å². The summed E-state index contributed by atoms with van der Waals surface area (Å²) < 4.78 is 10.9. The van der Waals surface area contributed by atoms with Gasteiger partial charge in [-0.2, -0.15) is 0 Å². The molecule has 3 aromatic rings. The van der Waals surface area contributed by atoms with E-state index in [4.69, 9.17) is 14.3 Å². The molecule has 3 rings (SSSR count). The molecule has 118 valence electrons. The Bertz CT molecular complexity index is 808. The Morgan fingerprint density at radius 1 is 1.30 bits per heavy atom. The molecule has 0 radical (unpaired) electrons. The quantitative estimate of drug-likeness (QED) is 0.747. The number of hydrogen-bond donors (Lipinski definition) is 2. The van der Waals surface area contributed by atoms with Crippen LogP contribution in [-0.2, 0) is 6.61 Å². The number of ether oxygens (including phenoxy) is 1. The number of rotatable bonds is 5. The highest BCUT2D eigenvalue weighted by Crippen LogP contribution is 2.34. The van der Waals surface area contributed by atoms with E-state index in [9.17, 15) is 4.79 Å². The first-order chi connectivity index (χ1) is 11.2. The Kier molecular flexibility index (Phi) is 4.45. The van der Waals surface area contributed by atoms with Crippen LogP contribution < -0.4 is 10.1 Å². The van der Waals surface area contributed by atoms with E-state index in [0.717, 1.165) is 0 Å². The molecule has 2 N–H and O–H groups in total. The summed E-state index contributed by atoms with van der Waals surface area (Å²) in [5.74, 6) is 1.50. The van der Waals surface area contributed by atoms with Gasteiger partial charge in [0, 0.05) is 5.69 Å². The minimum atomic E-state index is -0.170. The smallest absolute Gasteiger partial charge is 0.265 e. The first-order valence-electron chi connectivity index (χ1n) is 6.94. The predicted molar refractivity (Wildman–Crippen MR) is 88.9 cm³/mol. The molecule has 0 aliphatic carbocycles. The van der Waals surface area contributed by atoms with Crippen molar-refractivity contribution in [1.29, 1.82) is 0 Å². The topological polar surface area (TPSA) is 71.7 Å². The highest BCUT2D eigenvalue weighted by atomic mass is 32.1. The van der Waals surface area contributed by atoms with Crippen LogP contribution in [0.5, 0.6) is 5.75 Å². The van der Waals surface area contributed by atoms with Crippen LogP contribution in [0.15, 0.2) is 52.3 Å². The van der Waals surface area contributed by atoms with Gasteiger partial charge in [-0.15, -0.1) is 11.3 Å². The van der Waals surface area contributed by atoms with Crippen LogP contribution in [0.2, 0.25) is 0 Å². The van der Waals surface area contributed by atoms with Crippen LogP contribution in [0.25, 0.3) is 11.3 Å². The van der Waals surface area contributed by atoms with E-state index in [-0.39, 0.29) is 12.5 Å². The Balaban J connectivity index is 1.91. The minimum absolute atomic E-state index is 0.161. The zero-order valence-electron chi connectivity index (χ0n) is 12.4. The number of carbonyl (C=O) groups is 1. The molecule has 0 aliphatic rings. The van der Waals surface area contributed by atoms with Gasteiger partial charge in [0.1, 0.15) is 23.9 Å². The second-order valence-electron chi connectivity index (χ2n) is 4.77. The van der Waals surface area contributed by atoms with Crippen molar-refractivity contribution in [2.45, 2.75) is 6.61 Å². The summed E-state index contributed by atoms with van der Waals surface area (Å²) in [6, 6.07) is 12.4. The van der Waals surface area contributed by atoms with E-state index in [1.807, 2.05) is 11.4 Å². The molecule has 0 bridgehead atoms. The normalized spacial score (nSPS) is 10.5. The van der Waals surface area contributed by atoms with Crippen molar-refractivity contribution in [3.63, 3.8) is 0 Å². The number of anilines is 1. The summed E-state index contributed by atoms with van der Waals surface area (Å²) in [7, 11) is 1.57. The van der Waals surface area contributed by atoms with Gasteiger partial charge in [-0.05, 0) is 41.8 Å². The van der Waals surface area contributed by atoms with Crippen LogP contribution >= 0.6 is 11.3 Å². The monoisotopic (exact) mass is 329 g/mol. The zero-order chi connectivity index (χ0) is 16.2. The maximum Gasteiger partial charge on any atom is 0.265 e. The third kappa shape index (κ3) is 3.28. The zero-order valence-corrected chi connectivity index (χ0v) is 13.2. The van der Waals surface area contributed by atoms with Crippen molar-refractivity contribution < 1.29 is 19.1 Å². The maximum absolute atomic E-state index is 12.1.